The number of nitrogens with zero attached hydrogens (tertiary/aromatic N) is 1. The van der Waals surface area contributed by atoms with E-state index in [4.69, 9.17) is 22.6 Å². The third kappa shape index (κ3) is 3.25. The van der Waals surface area contributed by atoms with Crippen LogP contribution in [0.5, 0.6) is 0 Å². The fraction of sp³-hybridized carbons (Fsp3) is 0.133. The van der Waals surface area contributed by atoms with Crippen LogP contribution in [-0.2, 0) is 13.1 Å². The van der Waals surface area contributed by atoms with E-state index < -0.39 is 0 Å². The first-order valence-electron chi connectivity index (χ1n) is 5.95. The molecule has 3 nitrogen and oxygen atoms in total. The summed E-state index contributed by atoms with van der Waals surface area (Å²) in [7, 11) is 0. The standard InChI is InChI=1S/C15H14ClN3/c16-14-7-11(8-17)5-6-15(14)19-10-13-4-2-1-3-12(13)9-18/h1-7,19H,9-10,18H2. The van der Waals surface area contributed by atoms with Gasteiger partial charge in [-0.05, 0) is 29.3 Å². The number of rotatable bonds is 4. The summed E-state index contributed by atoms with van der Waals surface area (Å²) < 4.78 is 0. The van der Waals surface area contributed by atoms with Crippen molar-refractivity contribution in [3.05, 3.63) is 64.2 Å². The molecule has 0 saturated carbocycles. The molecule has 0 aromatic heterocycles. The van der Waals surface area contributed by atoms with Crippen LogP contribution in [0.4, 0.5) is 5.69 Å². The fourth-order valence-electron chi connectivity index (χ4n) is 1.85. The molecule has 0 spiro atoms. The molecule has 0 fully saturated rings. The van der Waals surface area contributed by atoms with Gasteiger partial charge in [0.05, 0.1) is 22.3 Å². The molecule has 2 aromatic rings. The van der Waals surface area contributed by atoms with Gasteiger partial charge in [-0.25, -0.2) is 0 Å². The van der Waals surface area contributed by atoms with Gasteiger partial charge in [0.15, 0.2) is 0 Å². The molecule has 0 unspecified atom stereocenters. The number of benzene rings is 2. The maximum atomic E-state index is 8.79. The number of halogens is 1. The molecule has 2 aromatic carbocycles. The van der Waals surface area contributed by atoms with Gasteiger partial charge in [0, 0.05) is 13.1 Å². The monoisotopic (exact) mass is 271 g/mol. The molecule has 0 aliphatic rings. The molecule has 0 saturated heterocycles. The molecular formula is C15H14ClN3. The summed E-state index contributed by atoms with van der Waals surface area (Å²) in [5.41, 5.74) is 9.32. The van der Waals surface area contributed by atoms with Crippen molar-refractivity contribution < 1.29 is 0 Å². The predicted octanol–water partition coefficient (Wildman–Crippen LogP) is 3.28. The van der Waals surface area contributed by atoms with Crippen LogP contribution in [0.15, 0.2) is 42.5 Å². The average molecular weight is 272 g/mol. The van der Waals surface area contributed by atoms with Gasteiger partial charge >= 0.3 is 0 Å². The first kappa shape index (κ1) is 13.4. The Morgan fingerprint density at radius 1 is 1.16 bits per heavy atom. The zero-order chi connectivity index (χ0) is 13.7. The second kappa shape index (κ2) is 6.24. The lowest BCUT2D eigenvalue weighted by atomic mass is 10.1. The maximum absolute atomic E-state index is 8.79. The number of hydrogen-bond donors (Lipinski definition) is 2. The Labute approximate surface area is 117 Å². The SMILES string of the molecule is N#Cc1ccc(NCc2ccccc2CN)c(Cl)c1. The van der Waals surface area contributed by atoms with Crippen LogP contribution in [-0.4, -0.2) is 0 Å². The van der Waals surface area contributed by atoms with Crippen LogP contribution in [0.2, 0.25) is 5.02 Å². The van der Waals surface area contributed by atoms with Crippen molar-refractivity contribution in [3.8, 4) is 6.07 Å². The van der Waals surface area contributed by atoms with E-state index in [1.807, 2.05) is 30.3 Å². The fourth-order valence-corrected chi connectivity index (χ4v) is 2.09. The third-order valence-corrected chi connectivity index (χ3v) is 3.22. The largest absolute Gasteiger partial charge is 0.380 e. The highest BCUT2D eigenvalue weighted by molar-refractivity contribution is 6.33. The van der Waals surface area contributed by atoms with E-state index in [1.54, 1.807) is 12.1 Å². The lowest BCUT2D eigenvalue weighted by Crippen LogP contribution is -2.06. The Kier molecular flexibility index (Phi) is 4.40. The molecule has 4 heteroatoms. The molecule has 0 heterocycles. The molecule has 0 atom stereocenters. The lowest BCUT2D eigenvalue weighted by molar-refractivity contribution is 1.01. The summed E-state index contributed by atoms with van der Waals surface area (Å²) in [5.74, 6) is 0. The van der Waals surface area contributed by atoms with Crippen LogP contribution in [0.25, 0.3) is 0 Å². The van der Waals surface area contributed by atoms with Crippen molar-refractivity contribution in [1.29, 1.82) is 5.26 Å². The Bertz CT molecular complexity index is 617. The zero-order valence-corrected chi connectivity index (χ0v) is 11.1. The molecule has 2 rings (SSSR count). The van der Waals surface area contributed by atoms with Crippen LogP contribution in [0.3, 0.4) is 0 Å². The predicted molar refractivity (Wildman–Crippen MR) is 77.8 cm³/mol. The molecule has 0 aliphatic carbocycles. The van der Waals surface area contributed by atoms with Crippen LogP contribution in [0, 0.1) is 11.3 Å². The molecule has 0 radical (unpaired) electrons. The molecule has 0 bridgehead atoms. The zero-order valence-electron chi connectivity index (χ0n) is 10.4. The van der Waals surface area contributed by atoms with Gasteiger partial charge in [-0.2, -0.15) is 5.26 Å². The molecule has 0 amide bonds. The Morgan fingerprint density at radius 3 is 2.53 bits per heavy atom. The Balaban J connectivity index is 2.13. The molecular weight excluding hydrogens is 258 g/mol. The van der Waals surface area contributed by atoms with E-state index in [0.717, 1.165) is 16.8 Å². The Hall–Kier alpha value is -2.02. The maximum Gasteiger partial charge on any atom is 0.0992 e. The van der Waals surface area contributed by atoms with Gasteiger partial charge in [0.1, 0.15) is 0 Å². The summed E-state index contributed by atoms with van der Waals surface area (Å²) in [6.45, 7) is 1.16. The number of nitrogens with two attached hydrogens (primary N) is 1. The third-order valence-electron chi connectivity index (χ3n) is 2.91. The van der Waals surface area contributed by atoms with E-state index in [2.05, 4.69) is 11.4 Å². The first-order chi connectivity index (χ1) is 9.24. The van der Waals surface area contributed by atoms with E-state index in [0.29, 0.717) is 23.7 Å². The van der Waals surface area contributed by atoms with E-state index >= 15 is 0 Å². The molecule has 0 aliphatic heterocycles. The minimum absolute atomic E-state index is 0.513. The van der Waals surface area contributed by atoms with Crippen molar-refractivity contribution >= 4 is 17.3 Å². The smallest absolute Gasteiger partial charge is 0.0992 e. The normalized spacial score (nSPS) is 9.95. The summed E-state index contributed by atoms with van der Waals surface area (Å²) in [4.78, 5) is 0. The van der Waals surface area contributed by atoms with Crippen molar-refractivity contribution in [2.75, 3.05) is 5.32 Å². The lowest BCUT2D eigenvalue weighted by Gasteiger charge is -2.11. The first-order valence-corrected chi connectivity index (χ1v) is 6.32. The van der Waals surface area contributed by atoms with E-state index in [-0.39, 0.29) is 0 Å². The minimum Gasteiger partial charge on any atom is -0.380 e. The van der Waals surface area contributed by atoms with Crippen LogP contribution < -0.4 is 11.1 Å². The number of hydrogen-bond acceptors (Lipinski definition) is 3. The van der Waals surface area contributed by atoms with Crippen molar-refractivity contribution in [2.24, 2.45) is 5.73 Å². The average Bonchev–Trinajstić information content (AvgIpc) is 2.46. The van der Waals surface area contributed by atoms with E-state index in [9.17, 15) is 0 Å². The van der Waals surface area contributed by atoms with Crippen molar-refractivity contribution in [2.45, 2.75) is 13.1 Å². The Morgan fingerprint density at radius 2 is 1.89 bits per heavy atom. The molecule has 96 valence electrons. The van der Waals surface area contributed by atoms with Crippen LogP contribution >= 0.6 is 11.6 Å². The summed E-state index contributed by atoms with van der Waals surface area (Å²) in [5, 5.41) is 12.6. The number of nitrogens with one attached hydrogen (secondary N) is 1. The second-order valence-corrected chi connectivity index (χ2v) is 4.54. The quantitative estimate of drug-likeness (QED) is 0.897. The minimum atomic E-state index is 0.513. The van der Waals surface area contributed by atoms with Gasteiger partial charge in [-0.3, -0.25) is 0 Å². The number of nitriles is 1. The highest BCUT2D eigenvalue weighted by Gasteiger charge is 2.03. The van der Waals surface area contributed by atoms with Gasteiger partial charge in [0.2, 0.25) is 0 Å². The summed E-state index contributed by atoms with van der Waals surface area (Å²) in [6, 6.07) is 15.3. The van der Waals surface area contributed by atoms with Crippen molar-refractivity contribution in [1.82, 2.24) is 0 Å². The van der Waals surface area contributed by atoms with Gasteiger partial charge in [-0.1, -0.05) is 35.9 Å². The van der Waals surface area contributed by atoms with Gasteiger partial charge in [0.25, 0.3) is 0 Å². The second-order valence-electron chi connectivity index (χ2n) is 4.13. The highest BCUT2D eigenvalue weighted by atomic mass is 35.5. The van der Waals surface area contributed by atoms with Crippen LogP contribution in [0.1, 0.15) is 16.7 Å². The molecule has 19 heavy (non-hydrogen) atoms. The highest BCUT2D eigenvalue weighted by Crippen LogP contribution is 2.23. The molecule has 3 N–H and O–H groups in total. The summed E-state index contributed by atoms with van der Waals surface area (Å²) in [6.07, 6.45) is 0. The van der Waals surface area contributed by atoms with Gasteiger partial charge < -0.3 is 11.1 Å². The van der Waals surface area contributed by atoms with Crippen molar-refractivity contribution in [3.63, 3.8) is 0 Å². The van der Waals surface area contributed by atoms with Gasteiger partial charge in [-0.15, -0.1) is 0 Å². The topological polar surface area (TPSA) is 61.8 Å². The summed E-state index contributed by atoms with van der Waals surface area (Å²) >= 11 is 6.11. The number of anilines is 1. The van der Waals surface area contributed by atoms with E-state index in [1.165, 1.54) is 0 Å².